The molecule has 4 heteroatoms. The van der Waals surface area contributed by atoms with E-state index in [9.17, 15) is 0 Å². The Morgan fingerprint density at radius 1 is 0.773 bits per heavy atom. The average molecular weight is 300 g/mol. The van der Waals surface area contributed by atoms with Crippen molar-refractivity contribution >= 4 is 30.9 Å². The molecule has 0 aliphatic carbocycles. The molecule has 1 aliphatic rings. The molecule has 3 nitrogen and oxygen atoms in total. The Hall–Kier alpha value is -2.72. The quantitative estimate of drug-likeness (QED) is 0.444. The van der Waals surface area contributed by atoms with Crippen LogP contribution in [0, 0.1) is 0 Å². The zero-order valence-electron chi connectivity index (χ0n) is 11.8. The number of para-hydroxylation sites is 1. The number of aromatic nitrogens is 2. The molecule has 0 unspecified atom stereocenters. The van der Waals surface area contributed by atoms with Gasteiger partial charge in [0.25, 0.3) is 0 Å². The first kappa shape index (κ1) is 11.9. The predicted molar refractivity (Wildman–Crippen MR) is 90.5 cm³/mol. The van der Waals surface area contributed by atoms with Crippen molar-refractivity contribution in [3.05, 3.63) is 60.7 Å². The highest BCUT2D eigenvalue weighted by molar-refractivity contribution is 6.73. The van der Waals surface area contributed by atoms with Gasteiger partial charge in [-0.1, -0.05) is 52.8 Å². The van der Waals surface area contributed by atoms with E-state index < -0.39 is 9.52 Å². The minimum absolute atomic E-state index is 0.390. The monoisotopic (exact) mass is 300 g/mol. The summed E-state index contributed by atoms with van der Waals surface area (Å²) in [5.74, 6) is 0. The van der Waals surface area contributed by atoms with Gasteiger partial charge in [-0.2, -0.15) is 0 Å². The molecule has 0 saturated heterocycles. The van der Waals surface area contributed by atoms with Gasteiger partial charge in [-0.3, -0.25) is 0 Å². The van der Waals surface area contributed by atoms with Gasteiger partial charge in [0, 0.05) is 0 Å². The second-order valence-corrected chi connectivity index (χ2v) is 7.44. The minimum Gasteiger partial charge on any atom is -0.356 e. The lowest BCUT2D eigenvalue weighted by Crippen LogP contribution is -2.20. The Labute approximate surface area is 129 Å². The van der Waals surface area contributed by atoms with Crippen LogP contribution >= 0.6 is 0 Å². The number of rotatable bonds is 1. The van der Waals surface area contributed by atoms with E-state index in [0.29, 0.717) is 0 Å². The van der Waals surface area contributed by atoms with Gasteiger partial charge in [0.15, 0.2) is 5.58 Å². The maximum absolute atomic E-state index is 5.41. The number of hydrogen-bond donors (Lipinski definition) is 0. The third-order valence-corrected chi connectivity index (χ3v) is 6.20. The van der Waals surface area contributed by atoms with Crippen molar-refractivity contribution in [2.45, 2.75) is 0 Å². The summed E-state index contributed by atoms with van der Waals surface area (Å²) in [5.41, 5.74) is 4.93. The number of benzene rings is 2. The molecule has 0 atom stereocenters. The molecule has 2 aromatic heterocycles. The molecule has 1 aliphatic heterocycles. The summed E-state index contributed by atoms with van der Waals surface area (Å²) in [6, 6.07) is 20.8. The van der Waals surface area contributed by atoms with Crippen LogP contribution in [0.1, 0.15) is 0 Å². The smallest absolute Gasteiger partial charge is 0.167 e. The molecule has 5 rings (SSSR count). The first-order chi connectivity index (χ1) is 10.9. The van der Waals surface area contributed by atoms with Crippen LogP contribution in [0.2, 0.25) is 0 Å². The minimum atomic E-state index is -0.390. The first-order valence-electron chi connectivity index (χ1n) is 7.33. The van der Waals surface area contributed by atoms with E-state index in [-0.39, 0.29) is 0 Å². The van der Waals surface area contributed by atoms with Crippen LogP contribution < -0.4 is 10.4 Å². The summed E-state index contributed by atoms with van der Waals surface area (Å²) < 4.78 is 5.41. The van der Waals surface area contributed by atoms with Gasteiger partial charge in [0.2, 0.25) is 0 Å². The standard InChI is InChI=1S/C18H12N2OSi/c1-3-7-14-11(5-1)17(20-21-14)13-9-10-16-18(19-13)12-6-2-4-8-15(12)22-16/h1-10H,22H2. The molecular formula is C18H12N2OSi. The highest BCUT2D eigenvalue weighted by Gasteiger charge is 2.21. The summed E-state index contributed by atoms with van der Waals surface area (Å²) in [7, 11) is -0.390. The van der Waals surface area contributed by atoms with Crippen LogP contribution in [0.15, 0.2) is 65.2 Å². The Balaban J connectivity index is 1.73. The van der Waals surface area contributed by atoms with Crippen LogP contribution in [0.3, 0.4) is 0 Å². The average Bonchev–Trinajstić information content (AvgIpc) is 3.15. The van der Waals surface area contributed by atoms with E-state index in [1.54, 1.807) is 0 Å². The Bertz CT molecular complexity index is 1020. The molecule has 3 heterocycles. The van der Waals surface area contributed by atoms with Gasteiger partial charge < -0.3 is 4.52 Å². The number of nitrogens with zero attached hydrogens (tertiary/aromatic N) is 2. The second-order valence-electron chi connectivity index (χ2n) is 5.57. The zero-order chi connectivity index (χ0) is 14.5. The molecule has 0 saturated carbocycles. The largest absolute Gasteiger partial charge is 0.356 e. The molecule has 2 aromatic carbocycles. The van der Waals surface area contributed by atoms with Gasteiger partial charge >= 0.3 is 0 Å². The van der Waals surface area contributed by atoms with E-state index in [1.165, 1.54) is 15.9 Å². The van der Waals surface area contributed by atoms with E-state index in [0.717, 1.165) is 28.1 Å². The van der Waals surface area contributed by atoms with Crippen molar-refractivity contribution in [1.82, 2.24) is 10.1 Å². The molecule has 0 N–H and O–H groups in total. The number of fused-ring (bicyclic) bond motifs is 4. The van der Waals surface area contributed by atoms with Crippen LogP contribution in [0.25, 0.3) is 33.6 Å². The molecule has 22 heavy (non-hydrogen) atoms. The molecule has 4 aromatic rings. The topological polar surface area (TPSA) is 38.9 Å². The third-order valence-electron chi connectivity index (χ3n) is 4.25. The van der Waals surface area contributed by atoms with E-state index in [4.69, 9.17) is 9.51 Å². The summed E-state index contributed by atoms with van der Waals surface area (Å²) in [5, 5.41) is 8.13. The lowest BCUT2D eigenvalue weighted by atomic mass is 10.1. The highest BCUT2D eigenvalue weighted by Crippen LogP contribution is 2.28. The van der Waals surface area contributed by atoms with Crippen LogP contribution in [0.4, 0.5) is 0 Å². The van der Waals surface area contributed by atoms with Crippen molar-refractivity contribution in [2.24, 2.45) is 0 Å². The molecule has 0 bridgehead atoms. The Morgan fingerprint density at radius 3 is 2.64 bits per heavy atom. The number of pyridine rings is 1. The van der Waals surface area contributed by atoms with Crippen molar-refractivity contribution < 1.29 is 4.52 Å². The van der Waals surface area contributed by atoms with Crippen LogP contribution in [-0.4, -0.2) is 19.7 Å². The van der Waals surface area contributed by atoms with Gasteiger partial charge in [0.05, 0.1) is 26.3 Å². The highest BCUT2D eigenvalue weighted by atomic mass is 28.2. The molecule has 0 amide bonds. The maximum atomic E-state index is 5.41. The van der Waals surface area contributed by atoms with Crippen molar-refractivity contribution in [2.75, 3.05) is 0 Å². The predicted octanol–water partition coefficient (Wildman–Crippen LogP) is 1.99. The summed E-state index contributed by atoms with van der Waals surface area (Å²) in [6.45, 7) is 0. The van der Waals surface area contributed by atoms with E-state index in [1.807, 2.05) is 24.3 Å². The van der Waals surface area contributed by atoms with Crippen LogP contribution in [-0.2, 0) is 0 Å². The fourth-order valence-corrected chi connectivity index (χ4v) is 4.99. The SMILES string of the molecule is c1ccc2c(c1)[SiH2]c1ccc(-c3noc4ccccc34)nc1-2. The molecular weight excluding hydrogens is 288 g/mol. The lowest BCUT2D eigenvalue weighted by Gasteiger charge is -2.03. The third kappa shape index (κ3) is 1.61. The van der Waals surface area contributed by atoms with Crippen molar-refractivity contribution in [3.8, 4) is 22.6 Å². The van der Waals surface area contributed by atoms with Gasteiger partial charge in [0.1, 0.15) is 5.69 Å². The molecule has 0 fully saturated rings. The Kier molecular flexibility index (Phi) is 2.37. The van der Waals surface area contributed by atoms with Crippen molar-refractivity contribution in [3.63, 3.8) is 0 Å². The first-order valence-corrected chi connectivity index (χ1v) is 8.74. The van der Waals surface area contributed by atoms with Crippen LogP contribution in [0.5, 0.6) is 0 Å². The summed E-state index contributed by atoms with van der Waals surface area (Å²) in [6.07, 6.45) is 0. The Morgan fingerprint density at radius 2 is 1.64 bits per heavy atom. The molecule has 0 radical (unpaired) electrons. The van der Waals surface area contributed by atoms with Gasteiger partial charge in [-0.15, -0.1) is 0 Å². The van der Waals surface area contributed by atoms with E-state index >= 15 is 0 Å². The fraction of sp³-hybridized carbons (Fsp3) is 0. The van der Waals surface area contributed by atoms with Crippen molar-refractivity contribution in [1.29, 1.82) is 0 Å². The number of hydrogen-bond acceptors (Lipinski definition) is 3. The summed E-state index contributed by atoms with van der Waals surface area (Å²) in [4.78, 5) is 4.90. The summed E-state index contributed by atoms with van der Waals surface area (Å²) >= 11 is 0. The van der Waals surface area contributed by atoms with E-state index in [2.05, 4.69) is 41.6 Å². The maximum Gasteiger partial charge on any atom is 0.167 e. The molecule has 0 spiro atoms. The second kappa shape index (κ2) is 4.38. The van der Waals surface area contributed by atoms with Gasteiger partial charge in [-0.25, -0.2) is 4.98 Å². The normalized spacial score (nSPS) is 13.5. The lowest BCUT2D eigenvalue weighted by molar-refractivity contribution is 0.459. The molecule has 104 valence electrons. The fourth-order valence-electron chi connectivity index (χ4n) is 3.18. The zero-order valence-corrected chi connectivity index (χ0v) is 13.2. The van der Waals surface area contributed by atoms with Gasteiger partial charge in [-0.05, 0) is 28.9 Å².